The lowest BCUT2D eigenvalue weighted by Crippen LogP contribution is -2.23. The van der Waals surface area contributed by atoms with Gasteiger partial charge in [-0.3, -0.25) is 4.98 Å². The molecule has 3 N–H and O–H groups in total. The lowest BCUT2D eigenvalue weighted by atomic mass is 9.92. The van der Waals surface area contributed by atoms with Gasteiger partial charge in [-0.2, -0.15) is 0 Å². The second-order valence-corrected chi connectivity index (χ2v) is 6.87. The number of hydrogen-bond acceptors (Lipinski definition) is 7. The first-order valence-corrected chi connectivity index (χ1v) is 8.81. The van der Waals surface area contributed by atoms with Gasteiger partial charge in [0.1, 0.15) is 5.54 Å². The molecule has 7 heteroatoms. The van der Waals surface area contributed by atoms with E-state index < -0.39 is 5.54 Å². The van der Waals surface area contributed by atoms with Crippen LogP contribution >= 0.6 is 11.8 Å². The minimum atomic E-state index is -0.448. The smallest absolute Gasteiger partial charge is 0.231 e. The molecule has 6 nitrogen and oxygen atoms in total. The van der Waals surface area contributed by atoms with Gasteiger partial charge in [0, 0.05) is 5.69 Å². The molecule has 1 aliphatic heterocycles. The highest BCUT2D eigenvalue weighted by Crippen LogP contribution is 2.34. The van der Waals surface area contributed by atoms with Crippen molar-refractivity contribution in [1.82, 2.24) is 9.97 Å². The Morgan fingerprint density at radius 3 is 2.80 bits per heavy atom. The fourth-order valence-electron chi connectivity index (χ4n) is 2.59. The van der Waals surface area contributed by atoms with Crippen molar-refractivity contribution >= 4 is 22.6 Å². The Morgan fingerprint density at radius 1 is 1.28 bits per heavy atom. The SMILES string of the molecule is COc1cnc(C(C)Nc2cccc([C@]3(C)C=CSC(N)=N3)c2)cn1. The molecule has 0 bridgehead atoms. The average molecular weight is 355 g/mol. The van der Waals surface area contributed by atoms with Crippen molar-refractivity contribution in [3.63, 3.8) is 0 Å². The van der Waals surface area contributed by atoms with Crippen molar-refractivity contribution in [3.05, 3.63) is 59.4 Å². The Labute approximate surface area is 151 Å². The monoisotopic (exact) mass is 355 g/mol. The predicted molar refractivity (Wildman–Crippen MR) is 103 cm³/mol. The van der Waals surface area contributed by atoms with E-state index in [1.165, 1.54) is 11.8 Å². The van der Waals surface area contributed by atoms with Gasteiger partial charge in [0.2, 0.25) is 5.88 Å². The second kappa shape index (κ2) is 7.14. The molecule has 0 radical (unpaired) electrons. The molecule has 2 atom stereocenters. The van der Waals surface area contributed by atoms with Crippen LogP contribution in [0.5, 0.6) is 5.88 Å². The fourth-order valence-corrected chi connectivity index (χ4v) is 3.31. The van der Waals surface area contributed by atoms with Crippen molar-refractivity contribution < 1.29 is 4.74 Å². The first-order chi connectivity index (χ1) is 12.0. The molecule has 0 fully saturated rings. The van der Waals surface area contributed by atoms with E-state index in [-0.39, 0.29) is 6.04 Å². The molecule has 1 aromatic carbocycles. The number of hydrogen-bond donors (Lipinski definition) is 2. The van der Waals surface area contributed by atoms with E-state index in [0.29, 0.717) is 11.0 Å². The highest BCUT2D eigenvalue weighted by molar-refractivity contribution is 8.16. The van der Waals surface area contributed by atoms with E-state index >= 15 is 0 Å². The highest BCUT2D eigenvalue weighted by atomic mass is 32.2. The first-order valence-electron chi connectivity index (χ1n) is 7.93. The van der Waals surface area contributed by atoms with Crippen LogP contribution in [0.3, 0.4) is 0 Å². The highest BCUT2D eigenvalue weighted by Gasteiger charge is 2.25. The van der Waals surface area contributed by atoms with Gasteiger partial charge in [-0.05, 0) is 43.0 Å². The lowest BCUT2D eigenvalue weighted by Gasteiger charge is -2.26. The topological polar surface area (TPSA) is 85.4 Å². The molecule has 1 aromatic heterocycles. The third-order valence-electron chi connectivity index (χ3n) is 4.05. The van der Waals surface area contributed by atoms with E-state index in [4.69, 9.17) is 10.5 Å². The molecular formula is C18H21N5OS. The molecule has 0 saturated heterocycles. The van der Waals surface area contributed by atoms with Gasteiger partial charge in [-0.1, -0.05) is 23.9 Å². The number of anilines is 1. The van der Waals surface area contributed by atoms with E-state index in [9.17, 15) is 0 Å². The Bertz CT molecular complexity index is 805. The largest absolute Gasteiger partial charge is 0.480 e. The Kier molecular flexibility index (Phi) is 4.94. The zero-order valence-corrected chi connectivity index (χ0v) is 15.2. The number of aliphatic imine (C=N–C) groups is 1. The molecule has 25 heavy (non-hydrogen) atoms. The van der Waals surface area contributed by atoms with Gasteiger partial charge < -0.3 is 15.8 Å². The van der Waals surface area contributed by atoms with Crippen molar-refractivity contribution in [2.75, 3.05) is 12.4 Å². The minimum absolute atomic E-state index is 0.00693. The summed E-state index contributed by atoms with van der Waals surface area (Å²) in [6.45, 7) is 4.09. The summed E-state index contributed by atoms with van der Waals surface area (Å²) >= 11 is 1.44. The molecule has 0 spiro atoms. The van der Waals surface area contributed by atoms with Crippen LogP contribution < -0.4 is 15.8 Å². The maximum Gasteiger partial charge on any atom is 0.231 e. The van der Waals surface area contributed by atoms with Gasteiger partial charge in [-0.25, -0.2) is 9.98 Å². The molecule has 0 amide bonds. The standard InChI is InChI=1S/C18H21N5OS/c1-12(15-10-21-16(24-3)11-20-15)22-14-6-4-5-13(9-14)18(2)7-8-25-17(19)23-18/h4-12,22H,1-3H3,(H2,19,23)/t12?,18-/m0/s1. The van der Waals surface area contributed by atoms with Crippen LogP contribution in [0.1, 0.15) is 31.1 Å². The van der Waals surface area contributed by atoms with Crippen molar-refractivity contribution in [2.24, 2.45) is 10.7 Å². The van der Waals surface area contributed by atoms with Crippen LogP contribution in [-0.4, -0.2) is 22.2 Å². The van der Waals surface area contributed by atoms with Gasteiger partial charge in [-0.15, -0.1) is 0 Å². The minimum Gasteiger partial charge on any atom is -0.480 e. The number of nitrogens with zero attached hydrogens (tertiary/aromatic N) is 3. The van der Waals surface area contributed by atoms with Gasteiger partial charge in [0.15, 0.2) is 5.17 Å². The summed E-state index contributed by atoms with van der Waals surface area (Å²) in [7, 11) is 1.57. The number of amidine groups is 1. The Balaban J connectivity index is 1.79. The maximum atomic E-state index is 5.89. The van der Waals surface area contributed by atoms with Crippen LogP contribution in [0, 0.1) is 0 Å². The first kappa shape index (κ1) is 17.3. The Morgan fingerprint density at radius 2 is 2.12 bits per heavy atom. The average Bonchev–Trinajstić information content (AvgIpc) is 2.62. The number of nitrogens with one attached hydrogen (secondary N) is 1. The molecular weight excluding hydrogens is 334 g/mol. The van der Waals surface area contributed by atoms with E-state index in [1.54, 1.807) is 19.5 Å². The summed E-state index contributed by atoms with van der Waals surface area (Å²) in [5.74, 6) is 0.503. The van der Waals surface area contributed by atoms with Crippen LogP contribution in [0.2, 0.25) is 0 Å². The van der Waals surface area contributed by atoms with Gasteiger partial charge in [0.05, 0.1) is 31.2 Å². The normalized spacial score (nSPS) is 20.7. The van der Waals surface area contributed by atoms with Crippen molar-refractivity contribution in [2.45, 2.75) is 25.4 Å². The van der Waals surface area contributed by atoms with E-state index in [2.05, 4.69) is 38.5 Å². The van der Waals surface area contributed by atoms with Crippen LogP contribution in [0.4, 0.5) is 5.69 Å². The summed E-state index contributed by atoms with van der Waals surface area (Å²) in [6, 6.07) is 8.18. The summed E-state index contributed by atoms with van der Waals surface area (Å²) in [5, 5.41) is 6.01. The summed E-state index contributed by atoms with van der Waals surface area (Å²) in [4.78, 5) is 13.2. The molecule has 2 heterocycles. The number of benzene rings is 1. The van der Waals surface area contributed by atoms with Gasteiger partial charge >= 0.3 is 0 Å². The van der Waals surface area contributed by atoms with Crippen LogP contribution in [0.15, 0.2) is 53.1 Å². The third kappa shape index (κ3) is 3.93. The summed E-state index contributed by atoms with van der Waals surface area (Å²) < 4.78 is 5.05. The molecule has 0 saturated carbocycles. The predicted octanol–water partition coefficient (Wildman–Crippen LogP) is 3.45. The third-order valence-corrected chi connectivity index (χ3v) is 4.66. The molecule has 1 aliphatic rings. The number of aromatic nitrogens is 2. The van der Waals surface area contributed by atoms with E-state index in [1.807, 2.05) is 31.4 Å². The zero-order chi connectivity index (χ0) is 17.9. The quantitative estimate of drug-likeness (QED) is 0.854. The molecule has 0 aliphatic carbocycles. The van der Waals surface area contributed by atoms with Crippen LogP contribution in [-0.2, 0) is 5.54 Å². The van der Waals surface area contributed by atoms with E-state index in [0.717, 1.165) is 16.9 Å². The molecule has 2 aromatic rings. The number of rotatable bonds is 5. The number of thioether (sulfide) groups is 1. The lowest BCUT2D eigenvalue weighted by molar-refractivity contribution is 0.395. The number of methoxy groups -OCH3 is 1. The van der Waals surface area contributed by atoms with Gasteiger partial charge in [0.25, 0.3) is 0 Å². The van der Waals surface area contributed by atoms with Crippen molar-refractivity contribution in [1.29, 1.82) is 0 Å². The number of nitrogens with two attached hydrogens (primary N) is 1. The Hall–Kier alpha value is -2.54. The number of ether oxygens (including phenoxy) is 1. The molecule has 130 valence electrons. The maximum absolute atomic E-state index is 5.89. The van der Waals surface area contributed by atoms with Crippen molar-refractivity contribution in [3.8, 4) is 5.88 Å². The second-order valence-electron chi connectivity index (χ2n) is 5.95. The fraction of sp³-hybridized carbons (Fsp3) is 0.278. The molecule has 1 unspecified atom stereocenters. The van der Waals surface area contributed by atoms with Crippen LogP contribution in [0.25, 0.3) is 0 Å². The summed E-state index contributed by atoms with van der Waals surface area (Å²) in [5.41, 5.74) is 8.34. The molecule has 3 rings (SSSR count). The summed E-state index contributed by atoms with van der Waals surface area (Å²) in [6.07, 6.45) is 5.40. The zero-order valence-electron chi connectivity index (χ0n) is 14.4.